The fourth-order valence-corrected chi connectivity index (χ4v) is 4.33. The Balaban J connectivity index is 2.13. The Labute approximate surface area is 131 Å². The summed E-state index contributed by atoms with van der Waals surface area (Å²) in [6, 6.07) is 0. The van der Waals surface area contributed by atoms with E-state index in [1.54, 1.807) is 0 Å². The summed E-state index contributed by atoms with van der Waals surface area (Å²) in [5, 5.41) is 4.77. The molecule has 0 spiro atoms. The molecule has 0 atom stereocenters. The van der Waals surface area contributed by atoms with E-state index in [2.05, 4.69) is 33.0 Å². The molecule has 2 aromatic rings. The second-order valence-electron chi connectivity index (χ2n) is 7.15. The van der Waals surface area contributed by atoms with Crippen LogP contribution in [0, 0.1) is 5.41 Å². The molecule has 21 heavy (non-hydrogen) atoms. The van der Waals surface area contributed by atoms with Crippen molar-refractivity contribution >= 4 is 27.4 Å². The zero-order valence-electron chi connectivity index (χ0n) is 13.5. The van der Waals surface area contributed by atoms with E-state index in [0.717, 1.165) is 24.6 Å². The third kappa shape index (κ3) is 3.05. The summed E-state index contributed by atoms with van der Waals surface area (Å²) in [4.78, 5) is 12.4. The van der Waals surface area contributed by atoms with E-state index in [9.17, 15) is 0 Å². The van der Waals surface area contributed by atoms with E-state index in [-0.39, 0.29) is 5.41 Å². The Kier molecular flexibility index (Phi) is 3.91. The third-order valence-corrected chi connectivity index (χ3v) is 5.08. The lowest BCUT2D eigenvalue weighted by Gasteiger charge is -2.18. The van der Waals surface area contributed by atoms with E-state index in [0.29, 0.717) is 0 Å². The van der Waals surface area contributed by atoms with E-state index < -0.39 is 0 Å². The number of hydrogen-bond acceptors (Lipinski definition) is 4. The summed E-state index contributed by atoms with van der Waals surface area (Å²) < 4.78 is 0. The van der Waals surface area contributed by atoms with Crippen LogP contribution in [0.15, 0.2) is 0 Å². The molecule has 1 aliphatic carbocycles. The first kappa shape index (κ1) is 14.8. The van der Waals surface area contributed by atoms with Gasteiger partial charge in [0.15, 0.2) is 0 Å². The minimum absolute atomic E-state index is 0.216. The first-order chi connectivity index (χ1) is 9.98. The van der Waals surface area contributed by atoms with Gasteiger partial charge in [0.05, 0.1) is 5.39 Å². The number of nitrogens with one attached hydrogen (secondary N) is 1. The molecule has 0 aliphatic heterocycles. The van der Waals surface area contributed by atoms with Crippen LogP contribution in [-0.4, -0.2) is 16.5 Å². The van der Waals surface area contributed by atoms with Crippen molar-refractivity contribution < 1.29 is 0 Å². The summed E-state index contributed by atoms with van der Waals surface area (Å²) in [6.07, 6.45) is 5.95. The van der Waals surface area contributed by atoms with Crippen molar-refractivity contribution in [2.45, 2.75) is 59.8 Å². The van der Waals surface area contributed by atoms with Gasteiger partial charge < -0.3 is 5.32 Å². The van der Waals surface area contributed by atoms with Crippen LogP contribution >= 0.6 is 11.3 Å². The highest BCUT2D eigenvalue weighted by molar-refractivity contribution is 7.19. The Morgan fingerprint density at radius 1 is 1.14 bits per heavy atom. The number of aromatic nitrogens is 2. The fourth-order valence-electron chi connectivity index (χ4n) is 3.05. The molecule has 0 saturated carbocycles. The second kappa shape index (κ2) is 5.56. The van der Waals surface area contributed by atoms with E-state index in [1.165, 1.54) is 46.3 Å². The highest BCUT2D eigenvalue weighted by atomic mass is 32.1. The van der Waals surface area contributed by atoms with Crippen molar-refractivity contribution in [1.29, 1.82) is 0 Å². The summed E-state index contributed by atoms with van der Waals surface area (Å²) in [5.74, 6) is 2.03. The smallest absolute Gasteiger partial charge is 0.138 e. The lowest BCUT2D eigenvalue weighted by atomic mass is 9.92. The summed E-state index contributed by atoms with van der Waals surface area (Å²) in [6.45, 7) is 9.77. The first-order valence-corrected chi connectivity index (χ1v) is 8.84. The third-order valence-electron chi connectivity index (χ3n) is 3.89. The zero-order chi connectivity index (χ0) is 15.0. The van der Waals surface area contributed by atoms with Gasteiger partial charge in [-0.1, -0.05) is 20.8 Å². The van der Waals surface area contributed by atoms with Gasteiger partial charge in [-0.25, -0.2) is 9.97 Å². The Morgan fingerprint density at radius 3 is 2.62 bits per heavy atom. The van der Waals surface area contributed by atoms with Crippen molar-refractivity contribution in [3.8, 4) is 0 Å². The number of anilines is 1. The number of aryl methyl sites for hydroxylation is 2. The maximum absolute atomic E-state index is 4.88. The maximum Gasteiger partial charge on any atom is 0.138 e. The lowest BCUT2D eigenvalue weighted by molar-refractivity contribution is 0.401. The molecular weight excluding hydrogens is 278 g/mol. The SMILES string of the molecule is CCNc1nc(CC(C)(C)C)nc2sc3c(c12)CCCC3. The van der Waals surface area contributed by atoms with Crippen LogP contribution in [0.5, 0.6) is 0 Å². The molecule has 0 aromatic carbocycles. The predicted octanol–water partition coefficient (Wildman–Crippen LogP) is 4.59. The van der Waals surface area contributed by atoms with Crippen molar-refractivity contribution in [3.63, 3.8) is 0 Å². The molecule has 3 nitrogen and oxygen atoms in total. The summed E-state index contributed by atoms with van der Waals surface area (Å²) in [5.41, 5.74) is 1.73. The number of hydrogen-bond donors (Lipinski definition) is 1. The van der Waals surface area contributed by atoms with E-state index >= 15 is 0 Å². The zero-order valence-corrected chi connectivity index (χ0v) is 14.4. The van der Waals surface area contributed by atoms with Gasteiger partial charge >= 0.3 is 0 Å². The topological polar surface area (TPSA) is 37.8 Å². The Morgan fingerprint density at radius 2 is 1.90 bits per heavy atom. The largest absolute Gasteiger partial charge is 0.370 e. The van der Waals surface area contributed by atoms with Gasteiger partial charge in [0, 0.05) is 17.8 Å². The number of fused-ring (bicyclic) bond motifs is 3. The summed E-state index contributed by atoms with van der Waals surface area (Å²) >= 11 is 1.89. The van der Waals surface area contributed by atoms with Crippen LogP contribution in [0.3, 0.4) is 0 Å². The molecule has 0 bridgehead atoms. The molecule has 3 rings (SSSR count). The lowest BCUT2D eigenvalue weighted by Crippen LogP contribution is -2.13. The molecule has 114 valence electrons. The molecule has 4 heteroatoms. The Hall–Kier alpha value is -1.16. The van der Waals surface area contributed by atoms with Gasteiger partial charge in [-0.2, -0.15) is 0 Å². The van der Waals surface area contributed by atoms with Gasteiger partial charge in [-0.05, 0) is 43.6 Å². The molecule has 1 N–H and O–H groups in total. The van der Waals surface area contributed by atoms with Gasteiger partial charge in [-0.15, -0.1) is 11.3 Å². The number of rotatable bonds is 3. The Bertz CT molecular complexity index is 652. The predicted molar refractivity (Wildman–Crippen MR) is 91.4 cm³/mol. The van der Waals surface area contributed by atoms with E-state index in [4.69, 9.17) is 9.97 Å². The number of thiophene rings is 1. The summed E-state index contributed by atoms with van der Waals surface area (Å²) in [7, 11) is 0. The minimum atomic E-state index is 0.216. The van der Waals surface area contributed by atoms with Gasteiger partial charge in [0.25, 0.3) is 0 Å². The molecule has 1 aliphatic rings. The molecular formula is C17H25N3S. The molecule has 0 unspecified atom stereocenters. The molecule has 0 saturated heterocycles. The highest BCUT2D eigenvalue weighted by Gasteiger charge is 2.22. The molecule has 0 radical (unpaired) electrons. The minimum Gasteiger partial charge on any atom is -0.370 e. The van der Waals surface area contributed by atoms with Crippen LogP contribution in [-0.2, 0) is 19.3 Å². The van der Waals surface area contributed by atoms with Gasteiger partial charge in [0.1, 0.15) is 16.5 Å². The quantitative estimate of drug-likeness (QED) is 0.901. The molecule has 0 fully saturated rings. The monoisotopic (exact) mass is 303 g/mol. The highest BCUT2D eigenvalue weighted by Crippen LogP contribution is 2.39. The number of nitrogens with zero attached hydrogens (tertiary/aromatic N) is 2. The second-order valence-corrected chi connectivity index (χ2v) is 8.23. The average Bonchev–Trinajstić information content (AvgIpc) is 2.75. The fraction of sp³-hybridized carbons (Fsp3) is 0.647. The van der Waals surface area contributed by atoms with Crippen molar-refractivity contribution in [3.05, 3.63) is 16.3 Å². The molecule has 2 heterocycles. The van der Waals surface area contributed by atoms with E-state index in [1.807, 2.05) is 11.3 Å². The van der Waals surface area contributed by atoms with Gasteiger partial charge in [0.2, 0.25) is 0 Å². The van der Waals surface area contributed by atoms with Crippen molar-refractivity contribution in [1.82, 2.24) is 9.97 Å². The normalized spacial score (nSPS) is 15.2. The van der Waals surface area contributed by atoms with Crippen molar-refractivity contribution in [2.75, 3.05) is 11.9 Å². The van der Waals surface area contributed by atoms with Crippen LogP contribution in [0.1, 0.15) is 56.8 Å². The van der Waals surface area contributed by atoms with Crippen LogP contribution in [0.25, 0.3) is 10.2 Å². The molecule has 2 aromatic heterocycles. The van der Waals surface area contributed by atoms with Crippen molar-refractivity contribution in [2.24, 2.45) is 5.41 Å². The standard InChI is InChI=1S/C17H25N3S/c1-5-18-15-14-11-8-6-7-9-12(11)21-16(14)20-13(19-15)10-17(2,3)4/h5-10H2,1-4H3,(H,18,19,20). The molecule has 0 amide bonds. The van der Waals surface area contributed by atoms with Crippen LogP contribution < -0.4 is 5.32 Å². The van der Waals surface area contributed by atoms with Crippen LogP contribution in [0.4, 0.5) is 5.82 Å². The first-order valence-electron chi connectivity index (χ1n) is 8.03. The average molecular weight is 303 g/mol. The van der Waals surface area contributed by atoms with Gasteiger partial charge in [-0.3, -0.25) is 0 Å². The maximum atomic E-state index is 4.88. The van der Waals surface area contributed by atoms with Crippen LogP contribution in [0.2, 0.25) is 0 Å².